The zero-order chi connectivity index (χ0) is 27.1. The zero-order valence-electron chi connectivity index (χ0n) is 25.0. The number of thioether (sulfide) groups is 7. The van der Waals surface area contributed by atoms with E-state index in [-0.39, 0.29) is 7.43 Å². The van der Waals surface area contributed by atoms with Gasteiger partial charge in [-0.25, -0.2) is 0 Å². The minimum Gasteiger partial charge on any atom is -0.161 e. The van der Waals surface area contributed by atoms with Crippen LogP contribution >= 0.6 is 82.3 Å². The predicted molar refractivity (Wildman–Crippen MR) is 201 cm³/mol. The molecule has 0 aliphatic heterocycles. The van der Waals surface area contributed by atoms with Crippen LogP contribution in [0.1, 0.15) is 107 Å². The van der Waals surface area contributed by atoms with E-state index < -0.39 is 0 Å². The van der Waals surface area contributed by atoms with E-state index in [1.165, 1.54) is 115 Å². The molecule has 0 fully saturated rings. The SMILES string of the molecule is C.CCCCSCC(CSCCC)SCCC.CCCSCC(SCCC)C(CSCCC)SCCC. The maximum Gasteiger partial charge on any atom is 0.0265 e. The van der Waals surface area contributed by atoms with Crippen LogP contribution in [0.5, 0.6) is 0 Å². The van der Waals surface area contributed by atoms with Gasteiger partial charge in [0, 0.05) is 38.8 Å². The van der Waals surface area contributed by atoms with Gasteiger partial charge in [0.05, 0.1) is 0 Å². The standard InChI is InChI=1S/C16H34S4.C13H28S3.CH4/c1-5-9-17-13-15(19-11-7-3)16(20-12-8-4)14-18-10-6-2;1-4-7-10-15-12-13(16-9-6-3)11-14-8-5-2;/h15-16H,5-14H2,1-4H3;13H,4-12H2,1-3H3;1H4. The van der Waals surface area contributed by atoms with E-state index in [1.807, 2.05) is 0 Å². The van der Waals surface area contributed by atoms with E-state index in [4.69, 9.17) is 0 Å². The van der Waals surface area contributed by atoms with Crippen molar-refractivity contribution in [1.29, 1.82) is 0 Å². The molecule has 0 saturated carbocycles. The maximum absolute atomic E-state index is 2.31. The number of unbranched alkanes of at least 4 members (excludes halogenated alkanes) is 1. The fourth-order valence-corrected chi connectivity index (χ4v) is 12.5. The first kappa shape index (κ1) is 43.9. The van der Waals surface area contributed by atoms with E-state index in [0.29, 0.717) is 0 Å². The third kappa shape index (κ3) is 32.8. The topological polar surface area (TPSA) is 0 Å². The lowest BCUT2D eigenvalue weighted by atomic mass is 10.3. The van der Waals surface area contributed by atoms with Crippen molar-refractivity contribution >= 4 is 82.3 Å². The predicted octanol–water partition coefficient (Wildman–Crippen LogP) is 12.1. The summed E-state index contributed by atoms with van der Waals surface area (Å²) in [6.07, 6.45) is 10.6. The molecule has 0 N–H and O–H groups in total. The summed E-state index contributed by atoms with van der Waals surface area (Å²) >= 11 is 15.3. The molecule has 0 aromatic carbocycles. The molecular weight excluding hydrogens is 585 g/mol. The summed E-state index contributed by atoms with van der Waals surface area (Å²) in [5.41, 5.74) is 0. The van der Waals surface area contributed by atoms with Gasteiger partial charge in [-0.15, -0.1) is 0 Å². The fraction of sp³-hybridized carbons (Fsp3) is 1.00. The van der Waals surface area contributed by atoms with Gasteiger partial charge in [-0.3, -0.25) is 0 Å². The molecule has 3 unspecified atom stereocenters. The summed E-state index contributed by atoms with van der Waals surface area (Å²) in [4.78, 5) is 0. The molecule has 0 saturated heterocycles. The van der Waals surface area contributed by atoms with E-state index in [9.17, 15) is 0 Å². The molecule has 0 heterocycles. The summed E-state index contributed by atoms with van der Waals surface area (Å²) in [7, 11) is 0. The smallest absolute Gasteiger partial charge is 0.0265 e. The minimum absolute atomic E-state index is 0. The van der Waals surface area contributed by atoms with Crippen LogP contribution in [-0.4, -0.2) is 79.0 Å². The Morgan fingerprint density at radius 3 is 1.11 bits per heavy atom. The van der Waals surface area contributed by atoms with Crippen LogP contribution in [0.15, 0.2) is 0 Å². The van der Waals surface area contributed by atoms with Gasteiger partial charge in [0.25, 0.3) is 0 Å². The first-order chi connectivity index (χ1) is 17.6. The van der Waals surface area contributed by atoms with Gasteiger partial charge in [-0.1, -0.05) is 62.3 Å². The van der Waals surface area contributed by atoms with Crippen molar-refractivity contribution in [3.63, 3.8) is 0 Å². The van der Waals surface area contributed by atoms with Crippen molar-refractivity contribution in [2.75, 3.05) is 63.3 Å². The van der Waals surface area contributed by atoms with E-state index in [0.717, 1.165) is 15.7 Å². The van der Waals surface area contributed by atoms with Crippen LogP contribution in [0.4, 0.5) is 0 Å². The van der Waals surface area contributed by atoms with Crippen molar-refractivity contribution in [3.05, 3.63) is 0 Å². The maximum atomic E-state index is 2.31. The van der Waals surface area contributed by atoms with Crippen LogP contribution in [-0.2, 0) is 0 Å². The van der Waals surface area contributed by atoms with Gasteiger partial charge in [0.2, 0.25) is 0 Å². The molecule has 0 aromatic rings. The summed E-state index contributed by atoms with van der Waals surface area (Å²) in [5.74, 6) is 14.8. The van der Waals surface area contributed by atoms with Crippen molar-refractivity contribution in [3.8, 4) is 0 Å². The molecule has 0 radical (unpaired) electrons. The highest BCUT2D eigenvalue weighted by Crippen LogP contribution is 2.31. The van der Waals surface area contributed by atoms with E-state index in [1.54, 1.807) is 0 Å². The lowest BCUT2D eigenvalue weighted by Gasteiger charge is -2.26. The third-order valence-corrected chi connectivity index (χ3v) is 15.6. The molecule has 0 aromatic heterocycles. The Balaban J connectivity index is -0.000000623. The summed E-state index contributed by atoms with van der Waals surface area (Å²) in [6, 6.07) is 0. The van der Waals surface area contributed by atoms with Gasteiger partial charge in [0.15, 0.2) is 0 Å². The van der Waals surface area contributed by atoms with Gasteiger partial charge in [0.1, 0.15) is 0 Å². The van der Waals surface area contributed by atoms with E-state index >= 15 is 0 Å². The Bertz CT molecular complexity index is 365. The van der Waals surface area contributed by atoms with Gasteiger partial charge in [-0.05, 0) is 85.2 Å². The molecule has 7 heteroatoms. The molecule has 3 atom stereocenters. The quantitative estimate of drug-likeness (QED) is 0.0801. The Morgan fingerprint density at radius 1 is 0.378 bits per heavy atom. The average Bonchev–Trinajstić information content (AvgIpc) is 2.89. The zero-order valence-corrected chi connectivity index (χ0v) is 30.7. The second kappa shape index (κ2) is 38.5. The summed E-state index contributed by atoms with van der Waals surface area (Å²) < 4.78 is 0. The monoisotopic (exact) mass is 650 g/mol. The van der Waals surface area contributed by atoms with Gasteiger partial charge in [-0.2, -0.15) is 82.3 Å². The Hall–Kier alpha value is 2.45. The first-order valence-electron chi connectivity index (χ1n) is 14.8. The van der Waals surface area contributed by atoms with Crippen molar-refractivity contribution in [1.82, 2.24) is 0 Å². The second-order valence-corrected chi connectivity index (χ2v) is 17.7. The minimum atomic E-state index is 0. The molecule has 0 aliphatic carbocycles. The Morgan fingerprint density at radius 2 is 0.730 bits per heavy atom. The number of hydrogen-bond donors (Lipinski definition) is 0. The molecule has 228 valence electrons. The van der Waals surface area contributed by atoms with Gasteiger partial charge < -0.3 is 0 Å². The summed E-state index contributed by atoms with van der Waals surface area (Å²) in [5, 5.41) is 2.60. The van der Waals surface area contributed by atoms with Crippen LogP contribution in [0, 0.1) is 0 Å². The van der Waals surface area contributed by atoms with Crippen molar-refractivity contribution < 1.29 is 0 Å². The van der Waals surface area contributed by atoms with Crippen molar-refractivity contribution in [2.45, 2.75) is 123 Å². The average molecular weight is 651 g/mol. The van der Waals surface area contributed by atoms with Gasteiger partial charge >= 0.3 is 0 Å². The molecule has 0 spiro atoms. The van der Waals surface area contributed by atoms with Crippen LogP contribution in [0.2, 0.25) is 0 Å². The van der Waals surface area contributed by atoms with Crippen LogP contribution < -0.4 is 0 Å². The number of rotatable bonds is 27. The molecule has 0 nitrogen and oxygen atoms in total. The molecule has 0 amide bonds. The first-order valence-corrected chi connectivity index (χ1v) is 22.6. The fourth-order valence-electron chi connectivity index (χ4n) is 3.00. The molecular formula is C30H66S7. The number of hydrogen-bond acceptors (Lipinski definition) is 7. The largest absolute Gasteiger partial charge is 0.161 e. The highest BCUT2D eigenvalue weighted by molar-refractivity contribution is 8.07. The molecule has 0 bridgehead atoms. The lowest BCUT2D eigenvalue weighted by molar-refractivity contribution is 0.895. The molecule has 0 rings (SSSR count). The van der Waals surface area contributed by atoms with Crippen LogP contribution in [0.25, 0.3) is 0 Å². The molecule has 0 aliphatic rings. The summed E-state index contributed by atoms with van der Waals surface area (Å²) in [6.45, 7) is 16.0. The molecule has 37 heavy (non-hydrogen) atoms. The Kier molecular flexibility index (Phi) is 45.6. The van der Waals surface area contributed by atoms with E-state index in [2.05, 4.69) is 131 Å². The van der Waals surface area contributed by atoms with Crippen LogP contribution in [0.3, 0.4) is 0 Å². The third-order valence-electron chi connectivity index (χ3n) is 4.90. The highest BCUT2D eigenvalue weighted by atomic mass is 32.2. The highest BCUT2D eigenvalue weighted by Gasteiger charge is 2.22. The van der Waals surface area contributed by atoms with Crippen molar-refractivity contribution in [2.24, 2.45) is 0 Å². The normalized spacial score (nSPS) is 13.4. The lowest BCUT2D eigenvalue weighted by Crippen LogP contribution is -2.26. The Labute approximate surface area is 266 Å². The second-order valence-electron chi connectivity index (χ2n) is 8.96.